The van der Waals surface area contributed by atoms with Gasteiger partial charge in [-0.25, -0.2) is 4.99 Å². The van der Waals surface area contributed by atoms with Crippen molar-refractivity contribution in [2.24, 2.45) is 4.99 Å². The van der Waals surface area contributed by atoms with E-state index < -0.39 is 0 Å². The van der Waals surface area contributed by atoms with Crippen LogP contribution in [0.4, 0.5) is 0 Å². The Morgan fingerprint density at radius 3 is 2.20 bits per heavy atom. The lowest BCUT2D eigenvalue weighted by Gasteiger charge is -2.35. The highest BCUT2D eigenvalue weighted by Gasteiger charge is 2.32. The molecule has 2 aliphatic rings. The summed E-state index contributed by atoms with van der Waals surface area (Å²) >= 11 is 0. The maximum Gasteiger partial charge on any atom is 0.266 e. The predicted octanol–water partition coefficient (Wildman–Crippen LogP) is 4.04. The van der Waals surface area contributed by atoms with Crippen LogP contribution >= 0.6 is 0 Å². The van der Waals surface area contributed by atoms with E-state index in [1.54, 1.807) is 23.1 Å². The van der Waals surface area contributed by atoms with Crippen molar-refractivity contribution in [3.63, 3.8) is 0 Å². The number of amides is 2. The van der Waals surface area contributed by atoms with E-state index in [0.717, 1.165) is 5.56 Å². The first-order valence-corrected chi connectivity index (χ1v) is 11.8. The van der Waals surface area contributed by atoms with Gasteiger partial charge in [-0.1, -0.05) is 57.2 Å². The first-order valence-electron chi connectivity index (χ1n) is 11.8. The maximum atomic E-state index is 13.3. The van der Waals surface area contributed by atoms with Crippen LogP contribution in [0, 0.1) is 11.3 Å². The lowest BCUT2D eigenvalue weighted by molar-refractivity contribution is -0.138. The van der Waals surface area contributed by atoms with Gasteiger partial charge in [0.15, 0.2) is 0 Å². The summed E-state index contributed by atoms with van der Waals surface area (Å²) in [4.78, 5) is 32.5. The van der Waals surface area contributed by atoms with Crippen molar-refractivity contribution >= 4 is 23.3 Å². The fourth-order valence-corrected chi connectivity index (χ4v) is 4.42. The van der Waals surface area contributed by atoms with E-state index in [-0.39, 0.29) is 40.7 Å². The van der Waals surface area contributed by atoms with Crippen LogP contribution in [-0.2, 0) is 14.9 Å². The van der Waals surface area contributed by atoms with E-state index >= 15 is 0 Å². The van der Waals surface area contributed by atoms with Crippen LogP contribution in [0.25, 0.3) is 5.70 Å². The number of aliphatic imine (C=N–C) groups is 1. The van der Waals surface area contributed by atoms with Crippen molar-refractivity contribution in [3.05, 3.63) is 76.4 Å². The second-order valence-corrected chi connectivity index (χ2v) is 10.1. The van der Waals surface area contributed by atoms with Gasteiger partial charge in [0.2, 0.25) is 0 Å². The maximum absolute atomic E-state index is 13.3. The van der Waals surface area contributed by atoms with Gasteiger partial charge in [0.25, 0.3) is 11.8 Å². The zero-order valence-electron chi connectivity index (χ0n) is 20.8. The fraction of sp³-hybridized carbons (Fsp3) is 0.357. The molecule has 2 heterocycles. The summed E-state index contributed by atoms with van der Waals surface area (Å²) in [7, 11) is 0. The molecule has 7 heteroatoms. The van der Waals surface area contributed by atoms with Crippen molar-refractivity contribution in [1.82, 2.24) is 10.2 Å². The largest absolute Gasteiger partial charge is 0.372 e. The molecule has 0 saturated carbocycles. The van der Waals surface area contributed by atoms with Crippen molar-refractivity contribution in [2.45, 2.75) is 52.2 Å². The highest BCUT2D eigenvalue weighted by Crippen LogP contribution is 2.32. The van der Waals surface area contributed by atoms with Crippen LogP contribution in [0.3, 0.4) is 0 Å². The number of hydrogen-bond acceptors (Lipinski definition) is 5. The molecule has 0 radical (unpaired) electrons. The third kappa shape index (κ3) is 5.03. The molecule has 0 bridgehead atoms. The van der Waals surface area contributed by atoms with Crippen LogP contribution in [-0.4, -0.2) is 47.8 Å². The Bertz CT molecular complexity index is 1250. The lowest BCUT2D eigenvalue weighted by atomic mass is 9.87. The quantitative estimate of drug-likeness (QED) is 0.529. The van der Waals surface area contributed by atoms with Crippen molar-refractivity contribution < 1.29 is 14.3 Å². The van der Waals surface area contributed by atoms with Crippen molar-refractivity contribution in [1.29, 1.82) is 5.26 Å². The average molecular weight is 471 g/mol. The van der Waals surface area contributed by atoms with Crippen LogP contribution in [0.2, 0.25) is 0 Å². The van der Waals surface area contributed by atoms with Crippen molar-refractivity contribution in [2.75, 3.05) is 13.1 Å². The smallest absolute Gasteiger partial charge is 0.266 e. The average Bonchev–Trinajstić information content (AvgIpc) is 3.16. The van der Waals surface area contributed by atoms with Gasteiger partial charge in [-0.15, -0.1) is 0 Å². The number of nitriles is 1. The Labute approximate surface area is 206 Å². The highest BCUT2D eigenvalue weighted by molar-refractivity contribution is 6.20. The molecule has 180 valence electrons. The number of carbonyl (C=O) groups excluding carboxylic acids is 2. The summed E-state index contributed by atoms with van der Waals surface area (Å²) in [5.74, 6) is -0.362. The van der Waals surface area contributed by atoms with Gasteiger partial charge in [-0.05, 0) is 37.0 Å². The normalized spacial score (nSPS) is 21.0. The molecule has 0 aromatic heterocycles. The van der Waals surface area contributed by atoms with Gasteiger partial charge in [0, 0.05) is 29.8 Å². The topological polar surface area (TPSA) is 94.8 Å². The van der Waals surface area contributed by atoms with Crippen LogP contribution < -0.4 is 5.32 Å². The minimum Gasteiger partial charge on any atom is -0.372 e. The molecule has 2 aromatic rings. The number of amidine groups is 1. The molecule has 1 fully saturated rings. The van der Waals surface area contributed by atoms with E-state index in [1.807, 2.05) is 44.2 Å². The molecule has 4 rings (SSSR count). The Balaban J connectivity index is 1.66. The number of benzene rings is 2. The van der Waals surface area contributed by atoms with E-state index in [1.165, 1.54) is 0 Å². The molecule has 0 unspecified atom stereocenters. The zero-order valence-corrected chi connectivity index (χ0v) is 20.8. The first kappa shape index (κ1) is 24.4. The summed E-state index contributed by atoms with van der Waals surface area (Å²) in [6, 6.07) is 16.8. The van der Waals surface area contributed by atoms with Gasteiger partial charge in [0.05, 0.1) is 17.9 Å². The number of carbonyl (C=O) groups is 2. The van der Waals surface area contributed by atoms with Gasteiger partial charge < -0.3 is 15.0 Å². The summed E-state index contributed by atoms with van der Waals surface area (Å²) in [6.07, 6.45) is -0.238. The Morgan fingerprint density at radius 2 is 1.63 bits per heavy atom. The van der Waals surface area contributed by atoms with E-state index in [9.17, 15) is 14.9 Å². The molecule has 0 spiro atoms. The van der Waals surface area contributed by atoms with E-state index in [2.05, 4.69) is 37.1 Å². The third-order valence-electron chi connectivity index (χ3n) is 6.18. The molecule has 7 nitrogen and oxygen atoms in total. The minimum atomic E-state index is -0.381. The number of nitrogens with zero attached hydrogens (tertiary/aromatic N) is 3. The number of nitrogens with one attached hydrogen (secondary N) is 1. The Morgan fingerprint density at radius 1 is 1.03 bits per heavy atom. The molecule has 1 N–H and O–H groups in total. The molecule has 2 atom stereocenters. The monoisotopic (exact) mass is 470 g/mol. The minimum absolute atomic E-state index is 0.0144. The number of ether oxygens (including phenoxy) is 1. The molecular weight excluding hydrogens is 440 g/mol. The molecular formula is C28H30N4O3. The predicted molar refractivity (Wildman–Crippen MR) is 135 cm³/mol. The number of rotatable bonds is 2. The lowest BCUT2D eigenvalue weighted by Crippen LogP contribution is -2.48. The molecule has 2 amide bonds. The number of morpholine rings is 1. The summed E-state index contributed by atoms with van der Waals surface area (Å²) in [6.45, 7) is 11.0. The summed E-state index contributed by atoms with van der Waals surface area (Å²) < 4.78 is 5.72. The first-order chi connectivity index (χ1) is 16.6. The second kappa shape index (κ2) is 9.47. The number of fused-ring (bicyclic) bond motifs is 1. The Kier molecular flexibility index (Phi) is 6.60. The van der Waals surface area contributed by atoms with Crippen LogP contribution in [0.5, 0.6) is 0 Å². The third-order valence-corrected chi connectivity index (χ3v) is 6.18. The van der Waals surface area contributed by atoms with Gasteiger partial charge in [0.1, 0.15) is 17.5 Å². The number of hydrogen-bond donors (Lipinski definition) is 1. The standard InChI is InChI=1S/C28H30N4O3/c1-17-15-32(16-18(2)35-17)27(34)23(14-29)24-21-8-6-7-9-22(21)25(30-24)31-26(33)19-10-12-20(13-11-19)28(3,4)5/h6-13,17-18H,15-16H2,1-5H3,(H,30,31,33)/b24-23-/t17-,18-/m0/s1. The molecule has 0 aliphatic carbocycles. The SMILES string of the molecule is C[C@H]1CN(C(=O)/C(C#N)=C2\N=C(NC(=O)c3ccc(C(C)(C)C)cc3)c3ccccc32)C[C@H](C)O1. The molecule has 2 aliphatic heterocycles. The summed E-state index contributed by atoms with van der Waals surface area (Å²) in [5.41, 5.74) is 3.17. The highest BCUT2D eigenvalue weighted by atomic mass is 16.5. The zero-order chi connectivity index (χ0) is 25.3. The molecule has 2 aromatic carbocycles. The van der Waals surface area contributed by atoms with Gasteiger partial charge in [-0.3, -0.25) is 9.59 Å². The van der Waals surface area contributed by atoms with Crippen LogP contribution in [0.15, 0.2) is 59.1 Å². The van der Waals surface area contributed by atoms with Gasteiger partial charge >= 0.3 is 0 Å². The van der Waals surface area contributed by atoms with E-state index in [0.29, 0.717) is 35.6 Å². The molecule has 1 saturated heterocycles. The van der Waals surface area contributed by atoms with Crippen molar-refractivity contribution in [3.8, 4) is 6.07 Å². The van der Waals surface area contributed by atoms with E-state index in [4.69, 9.17) is 4.74 Å². The fourth-order valence-electron chi connectivity index (χ4n) is 4.42. The van der Waals surface area contributed by atoms with Gasteiger partial charge in [-0.2, -0.15) is 5.26 Å². The molecule has 35 heavy (non-hydrogen) atoms. The Hall–Kier alpha value is -3.76. The van der Waals surface area contributed by atoms with Crippen LogP contribution in [0.1, 0.15) is 61.7 Å². The summed E-state index contributed by atoms with van der Waals surface area (Å²) in [5, 5.41) is 12.8. The second-order valence-electron chi connectivity index (χ2n) is 10.1.